The molecule has 2 nitrogen and oxygen atoms in total. The van der Waals surface area contributed by atoms with Crippen LogP contribution < -0.4 is 5.32 Å². The molecule has 0 aromatic rings. The largest absolute Gasteiger partial charge is 0.350 e. The van der Waals surface area contributed by atoms with E-state index in [0.29, 0.717) is 6.54 Å². The van der Waals surface area contributed by atoms with Crippen LogP contribution in [0, 0.1) is 0 Å². The predicted molar refractivity (Wildman–Crippen MR) is 40.3 cm³/mol. The number of halogens is 1. The van der Waals surface area contributed by atoms with Gasteiger partial charge in [-0.05, 0) is 6.92 Å². The van der Waals surface area contributed by atoms with Gasteiger partial charge in [-0.25, -0.2) is 4.39 Å². The molecule has 0 atom stereocenters. The van der Waals surface area contributed by atoms with Crippen LogP contribution >= 0.6 is 0 Å². The van der Waals surface area contributed by atoms with Gasteiger partial charge in [-0.2, -0.15) is 0 Å². The Morgan fingerprint density at radius 1 is 1.60 bits per heavy atom. The minimum absolute atomic E-state index is 0.432. The molecule has 0 saturated heterocycles. The summed E-state index contributed by atoms with van der Waals surface area (Å²) < 4.78 is 11.7. The van der Waals surface area contributed by atoms with Crippen molar-refractivity contribution < 1.29 is 9.18 Å². The first-order valence-electron chi connectivity index (χ1n) is 3.31. The zero-order chi connectivity index (χ0) is 8.57. The van der Waals surface area contributed by atoms with Crippen molar-refractivity contribution in [1.29, 1.82) is 0 Å². The smallest absolute Gasteiger partial charge is 0.279 e. The number of nitrogens with one attached hydrogen (secondary N) is 1. The van der Waals surface area contributed by atoms with E-state index < -0.39 is 11.7 Å². The Balaban J connectivity index is 0. The highest BCUT2D eigenvalue weighted by molar-refractivity contribution is 5.90. The number of likely N-dealkylation sites (N-methyl/N-ethyl adjacent to an activating group) is 1. The lowest BCUT2D eigenvalue weighted by molar-refractivity contribution is -0.118. The highest BCUT2D eigenvalue weighted by Gasteiger charge is 2.00. The van der Waals surface area contributed by atoms with Gasteiger partial charge in [0.25, 0.3) is 5.91 Å². The fraction of sp³-hybridized carbons (Fsp3) is 0.571. The fourth-order valence-electron chi connectivity index (χ4n) is 0.256. The van der Waals surface area contributed by atoms with Crippen molar-refractivity contribution in [2.45, 2.75) is 20.8 Å². The number of hydrogen-bond acceptors (Lipinski definition) is 1. The summed E-state index contributed by atoms with van der Waals surface area (Å²) in [4.78, 5) is 10.2. The van der Waals surface area contributed by atoms with Gasteiger partial charge < -0.3 is 5.32 Å². The molecule has 0 aliphatic rings. The Hall–Kier alpha value is -0.860. The molecule has 0 rings (SSSR count). The molecule has 60 valence electrons. The molecule has 0 aromatic carbocycles. The Morgan fingerprint density at radius 2 is 2.00 bits per heavy atom. The summed E-state index contributed by atoms with van der Waals surface area (Å²) in [6.45, 7) is 8.94. The molecule has 0 radical (unpaired) electrons. The molecule has 0 heterocycles. The van der Waals surface area contributed by atoms with Crippen molar-refractivity contribution in [3.63, 3.8) is 0 Å². The van der Waals surface area contributed by atoms with Crippen LogP contribution in [0.3, 0.4) is 0 Å². The molecule has 0 aromatic heterocycles. The second-order valence-corrected chi connectivity index (χ2v) is 1.26. The van der Waals surface area contributed by atoms with Gasteiger partial charge in [0.05, 0.1) is 0 Å². The van der Waals surface area contributed by atoms with Crippen molar-refractivity contribution in [1.82, 2.24) is 5.32 Å². The standard InChI is InChI=1S/C5H8FNO.C2H6/c1-3-7-5(8)4(2)6;1-2/h2-3H2,1H3,(H,7,8);1-2H3. The maximum Gasteiger partial charge on any atom is 0.279 e. The topological polar surface area (TPSA) is 29.1 Å². The third-order valence-corrected chi connectivity index (χ3v) is 0.584. The highest BCUT2D eigenvalue weighted by atomic mass is 19.1. The van der Waals surface area contributed by atoms with Crippen LogP contribution in [0.2, 0.25) is 0 Å². The van der Waals surface area contributed by atoms with Crippen LogP contribution in [-0.4, -0.2) is 12.5 Å². The molecule has 0 fully saturated rings. The van der Waals surface area contributed by atoms with Gasteiger partial charge in [0.15, 0.2) is 5.83 Å². The van der Waals surface area contributed by atoms with E-state index in [1.807, 2.05) is 13.8 Å². The van der Waals surface area contributed by atoms with Crippen LogP contribution in [0.4, 0.5) is 4.39 Å². The minimum atomic E-state index is -0.938. The Labute approximate surface area is 61.1 Å². The summed E-state index contributed by atoms with van der Waals surface area (Å²) in [6.07, 6.45) is 0. The van der Waals surface area contributed by atoms with Crippen molar-refractivity contribution in [2.24, 2.45) is 0 Å². The summed E-state index contributed by atoms with van der Waals surface area (Å²) in [5.41, 5.74) is 0. The van der Waals surface area contributed by atoms with Gasteiger partial charge >= 0.3 is 0 Å². The van der Waals surface area contributed by atoms with Crippen molar-refractivity contribution in [2.75, 3.05) is 6.54 Å². The zero-order valence-corrected chi connectivity index (χ0v) is 6.70. The zero-order valence-electron chi connectivity index (χ0n) is 6.70. The van der Waals surface area contributed by atoms with Crippen LogP contribution in [-0.2, 0) is 4.79 Å². The van der Waals surface area contributed by atoms with E-state index >= 15 is 0 Å². The minimum Gasteiger partial charge on any atom is -0.350 e. The van der Waals surface area contributed by atoms with E-state index in [9.17, 15) is 9.18 Å². The third kappa shape index (κ3) is 7.14. The van der Waals surface area contributed by atoms with Crippen molar-refractivity contribution in [3.05, 3.63) is 12.4 Å². The number of amides is 1. The van der Waals surface area contributed by atoms with Gasteiger partial charge in [-0.15, -0.1) is 0 Å². The average Bonchev–Trinajstić information content (AvgIpc) is 1.93. The quantitative estimate of drug-likeness (QED) is 0.591. The van der Waals surface area contributed by atoms with E-state index in [4.69, 9.17) is 0 Å². The maximum absolute atomic E-state index is 11.7. The molecule has 0 unspecified atom stereocenters. The van der Waals surface area contributed by atoms with Crippen LogP contribution in [0.5, 0.6) is 0 Å². The Bertz CT molecular complexity index is 112. The first-order chi connectivity index (χ1) is 4.68. The van der Waals surface area contributed by atoms with Crippen LogP contribution in [0.1, 0.15) is 20.8 Å². The molecule has 0 aliphatic carbocycles. The first kappa shape index (κ1) is 11.9. The molecule has 1 amide bonds. The Kier molecular flexibility index (Phi) is 9.67. The van der Waals surface area contributed by atoms with Crippen LogP contribution in [0.25, 0.3) is 0 Å². The highest BCUT2D eigenvalue weighted by Crippen LogP contribution is 1.87. The summed E-state index contributed by atoms with van der Waals surface area (Å²) in [5.74, 6) is -1.67. The SMILES string of the molecule is C=C(F)C(=O)NCC.CC. The lowest BCUT2D eigenvalue weighted by atomic mass is 10.5. The molecule has 0 spiro atoms. The summed E-state index contributed by atoms with van der Waals surface area (Å²) in [7, 11) is 0. The second-order valence-electron chi connectivity index (χ2n) is 1.26. The molecular formula is C7H14FNO. The van der Waals surface area contributed by atoms with Crippen molar-refractivity contribution >= 4 is 5.91 Å². The summed E-state index contributed by atoms with van der Waals surface area (Å²) >= 11 is 0. The third-order valence-electron chi connectivity index (χ3n) is 0.584. The second kappa shape index (κ2) is 8.14. The molecule has 10 heavy (non-hydrogen) atoms. The number of rotatable bonds is 2. The van der Waals surface area contributed by atoms with Gasteiger partial charge in [-0.1, -0.05) is 20.4 Å². The number of hydrogen-bond donors (Lipinski definition) is 1. The van der Waals surface area contributed by atoms with E-state index in [2.05, 4.69) is 11.9 Å². The van der Waals surface area contributed by atoms with E-state index in [0.717, 1.165) is 0 Å². The van der Waals surface area contributed by atoms with E-state index in [-0.39, 0.29) is 0 Å². The summed E-state index contributed by atoms with van der Waals surface area (Å²) in [5, 5.41) is 2.23. The van der Waals surface area contributed by atoms with Gasteiger partial charge in [0.2, 0.25) is 0 Å². The van der Waals surface area contributed by atoms with E-state index in [1.165, 1.54) is 0 Å². The summed E-state index contributed by atoms with van der Waals surface area (Å²) in [6, 6.07) is 0. The molecule has 0 saturated carbocycles. The monoisotopic (exact) mass is 147 g/mol. The first-order valence-corrected chi connectivity index (χ1v) is 3.31. The van der Waals surface area contributed by atoms with Gasteiger partial charge in [0, 0.05) is 6.54 Å². The van der Waals surface area contributed by atoms with Crippen molar-refractivity contribution in [3.8, 4) is 0 Å². The van der Waals surface area contributed by atoms with Gasteiger partial charge in [0.1, 0.15) is 0 Å². The van der Waals surface area contributed by atoms with Gasteiger partial charge in [-0.3, -0.25) is 4.79 Å². The molecule has 3 heteroatoms. The maximum atomic E-state index is 11.7. The average molecular weight is 147 g/mol. The fourth-order valence-corrected chi connectivity index (χ4v) is 0.256. The lowest BCUT2D eigenvalue weighted by Gasteiger charge is -1.94. The molecule has 1 N–H and O–H groups in total. The van der Waals surface area contributed by atoms with E-state index in [1.54, 1.807) is 6.92 Å². The number of carbonyl (C=O) groups is 1. The molecular weight excluding hydrogens is 133 g/mol. The van der Waals surface area contributed by atoms with Crippen LogP contribution in [0.15, 0.2) is 12.4 Å². The number of carbonyl (C=O) groups excluding carboxylic acids is 1. The lowest BCUT2D eigenvalue weighted by Crippen LogP contribution is -2.22. The normalized spacial score (nSPS) is 7.20. The predicted octanol–water partition coefficient (Wildman–Crippen LogP) is 1.63. The molecule has 0 bridgehead atoms. The molecule has 0 aliphatic heterocycles. The Morgan fingerprint density at radius 3 is 2.10 bits per heavy atom.